The third-order valence-electron chi connectivity index (χ3n) is 9.17. The molecule has 10 heteroatoms. The molecule has 7 N–H and O–H groups in total. The lowest BCUT2D eigenvalue weighted by atomic mass is 9.57. The Hall–Kier alpha value is -3.21. The Balaban J connectivity index is 1.53. The highest BCUT2D eigenvalue weighted by Crippen LogP contribution is 2.54. The van der Waals surface area contributed by atoms with Gasteiger partial charge in [0, 0.05) is 37.7 Å². The first-order chi connectivity index (χ1) is 17.7. The number of ketones is 2. The van der Waals surface area contributed by atoms with E-state index < -0.39 is 58.0 Å². The van der Waals surface area contributed by atoms with Crippen molar-refractivity contribution in [1.82, 2.24) is 10.2 Å². The van der Waals surface area contributed by atoms with Crippen LogP contribution in [0.25, 0.3) is 5.76 Å². The summed E-state index contributed by atoms with van der Waals surface area (Å²) in [6.45, 7) is 2.06. The molecule has 1 aliphatic heterocycles. The summed E-state index contributed by atoms with van der Waals surface area (Å²) < 4.78 is 0. The Morgan fingerprint density at radius 3 is 2.41 bits per heavy atom. The van der Waals surface area contributed by atoms with Gasteiger partial charge in [-0.15, -0.1) is 0 Å². The number of aromatic hydroxyl groups is 1. The van der Waals surface area contributed by atoms with Crippen molar-refractivity contribution >= 4 is 23.2 Å². The fraction of sp³-hybridized carbons (Fsp3) is 0.519. The van der Waals surface area contributed by atoms with E-state index in [1.807, 2.05) is 11.0 Å². The number of primary amides is 1. The molecule has 6 rings (SSSR count). The number of aliphatic hydroxyl groups is 3. The first-order valence-corrected chi connectivity index (χ1v) is 12.9. The molecule has 196 valence electrons. The van der Waals surface area contributed by atoms with E-state index in [9.17, 15) is 34.8 Å². The number of carbonyl (C=O) groups is 3. The van der Waals surface area contributed by atoms with Gasteiger partial charge in [0.25, 0.3) is 5.91 Å². The lowest BCUT2D eigenvalue weighted by Gasteiger charge is -2.52. The molecule has 4 aliphatic carbocycles. The van der Waals surface area contributed by atoms with E-state index in [1.165, 1.54) is 6.07 Å². The molecule has 2 saturated carbocycles. The molecule has 1 saturated heterocycles. The van der Waals surface area contributed by atoms with Gasteiger partial charge in [-0.25, -0.2) is 0 Å². The predicted molar refractivity (Wildman–Crippen MR) is 132 cm³/mol. The summed E-state index contributed by atoms with van der Waals surface area (Å²) in [5, 5.41) is 48.1. The number of piperazine rings is 1. The second-order valence-electron chi connectivity index (χ2n) is 10.9. The topological polar surface area (TPSA) is 173 Å². The highest BCUT2D eigenvalue weighted by atomic mass is 16.3. The molecule has 0 aromatic heterocycles. The number of amides is 1. The summed E-state index contributed by atoms with van der Waals surface area (Å²) in [5.41, 5.74) is 3.96. The Morgan fingerprint density at radius 2 is 1.78 bits per heavy atom. The van der Waals surface area contributed by atoms with Crippen LogP contribution in [0.5, 0.6) is 5.75 Å². The number of aliphatic hydroxyl groups excluding tert-OH is 2. The molecule has 1 aromatic rings. The average molecular weight is 510 g/mol. The second-order valence-corrected chi connectivity index (χ2v) is 10.9. The standard InChI is InChI=1S/C27H31N3O7/c28-26(36)20-23(33)21(30-8-6-29-7-9-30)16-11-13-10-15-14(12-2-1-3-12)4-5-17(31)19(15)22(32)18(13)24(34)27(16,37)25(20)35/h4-5,12-13,16,21,29,31-32,35,37H,1-3,6-11H2,(H2,28,36). The number of carbonyl (C=O) groups excluding carboxylic acids is 3. The number of nitrogens with zero attached hydrogens (tertiary/aromatic N) is 1. The highest BCUT2D eigenvalue weighted by Gasteiger charge is 2.64. The molecule has 3 fully saturated rings. The van der Waals surface area contributed by atoms with Crippen LogP contribution in [0.15, 0.2) is 29.0 Å². The van der Waals surface area contributed by atoms with Crippen LogP contribution in [0, 0.1) is 11.8 Å². The highest BCUT2D eigenvalue weighted by molar-refractivity contribution is 6.24. The van der Waals surface area contributed by atoms with Gasteiger partial charge in [-0.2, -0.15) is 0 Å². The fourth-order valence-electron chi connectivity index (χ4n) is 7.16. The summed E-state index contributed by atoms with van der Waals surface area (Å²) in [4.78, 5) is 41.6. The van der Waals surface area contributed by atoms with Gasteiger partial charge in [0.1, 0.15) is 22.8 Å². The summed E-state index contributed by atoms with van der Waals surface area (Å²) in [6.07, 6.45) is 3.59. The number of rotatable bonds is 3. The zero-order chi connectivity index (χ0) is 26.2. The number of nitrogens with one attached hydrogen (secondary N) is 1. The smallest absolute Gasteiger partial charge is 0.255 e. The maximum absolute atomic E-state index is 14.0. The van der Waals surface area contributed by atoms with Crippen LogP contribution in [-0.2, 0) is 20.8 Å². The monoisotopic (exact) mass is 509 g/mol. The van der Waals surface area contributed by atoms with Crippen molar-refractivity contribution in [3.8, 4) is 5.75 Å². The summed E-state index contributed by atoms with van der Waals surface area (Å²) in [5.74, 6) is -5.79. The number of nitrogens with two attached hydrogens (primary N) is 1. The van der Waals surface area contributed by atoms with Gasteiger partial charge >= 0.3 is 0 Å². The van der Waals surface area contributed by atoms with E-state index in [1.54, 1.807) is 0 Å². The Kier molecular flexibility index (Phi) is 5.48. The van der Waals surface area contributed by atoms with Crippen molar-refractivity contribution in [3.05, 3.63) is 45.7 Å². The number of fused-ring (bicyclic) bond motifs is 3. The molecule has 0 radical (unpaired) electrons. The van der Waals surface area contributed by atoms with Crippen LogP contribution in [-0.4, -0.2) is 80.6 Å². The van der Waals surface area contributed by atoms with Crippen molar-refractivity contribution in [1.29, 1.82) is 0 Å². The van der Waals surface area contributed by atoms with Crippen LogP contribution in [0.1, 0.15) is 48.3 Å². The van der Waals surface area contributed by atoms with Crippen molar-refractivity contribution in [2.75, 3.05) is 26.2 Å². The minimum absolute atomic E-state index is 0.101. The Morgan fingerprint density at radius 1 is 1.08 bits per heavy atom. The number of hydrogen-bond donors (Lipinski definition) is 6. The maximum Gasteiger partial charge on any atom is 0.255 e. The van der Waals surface area contributed by atoms with Gasteiger partial charge in [0.2, 0.25) is 5.78 Å². The third-order valence-corrected chi connectivity index (χ3v) is 9.17. The molecular weight excluding hydrogens is 478 g/mol. The Bertz CT molecular complexity index is 1290. The van der Waals surface area contributed by atoms with Gasteiger partial charge in [0.05, 0.1) is 11.6 Å². The van der Waals surface area contributed by atoms with E-state index in [2.05, 4.69) is 5.32 Å². The number of benzene rings is 1. The van der Waals surface area contributed by atoms with Crippen LogP contribution < -0.4 is 11.1 Å². The molecule has 5 aliphatic rings. The number of Topliss-reactive ketones (excluding diaryl/α,β-unsaturated/α-hetero) is 2. The Labute approximate surface area is 213 Å². The fourth-order valence-corrected chi connectivity index (χ4v) is 7.16. The van der Waals surface area contributed by atoms with Crippen molar-refractivity contribution < 1.29 is 34.8 Å². The van der Waals surface area contributed by atoms with Gasteiger partial charge in [-0.3, -0.25) is 19.3 Å². The molecule has 10 nitrogen and oxygen atoms in total. The minimum Gasteiger partial charge on any atom is -0.508 e. The quantitative estimate of drug-likeness (QED) is 0.319. The molecule has 4 atom stereocenters. The lowest BCUT2D eigenvalue weighted by Crippen LogP contribution is -2.68. The lowest BCUT2D eigenvalue weighted by molar-refractivity contribution is -0.155. The zero-order valence-electron chi connectivity index (χ0n) is 20.4. The van der Waals surface area contributed by atoms with Gasteiger partial charge < -0.3 is 31.5 Å². The summed E-state index contributed by atoms with van der Waals surface area (Å²) in [7, 11) is 0. The zero-order valence-corrected chi connectivity index (χ0v) is 20.4. The molecular formula is C27H31N3O7. The van der Waals surface area contributed by atoms with E-state index in [4.69, 9.17) is 5.73 Å². The predicted octanol–water partition coefficient (Wildman–Crippen LogP) is 0.575. The van der Waals surface area contributed by atoms with Gasteiger partial charge in [-0.05, 0) is 54.7 Å². The van der Waals surface area contributed by atoms with Crippen LogP contribution in [0.4, 0.5) is 0 Å². The molecule has 1 amide bonds. The van der Waals surface area contributed by atoms with E-state index in [0.29, 0.717) is 38.5 Å². The van der Waals surface area contributed by atoms with E-state index in [0.717, 1.165) is 30.4 Å². The molecule has 0 bridgehead atoms. The number of phenols is 1. The maximum atomic E-state index is 14.0. The molecule has 1 aromatic carbocycles. The van der Waals surface area contributed by atoms with Crippen LogP contribution >= 0.6 is 0 Å². The molecule has 4 unspecified atom stereocenters. The van der Waals surface area contributed by atoms with Gasteiger partial charge in [-0.1, -0.05) is 12.5 Å². The van der Waals surface area contributed by atoms with E-state index >= 15 is 0 Å². The SMILES string of the molecule is NC(=O)C1=C(O)C2(O)C(=O)C3=C(O)c4c(O)ccc(C5CCC5)c4CC3CC2C(N2CCNCC2)C1=O. The van der Waals surface area contributed by atoms with Crippen LogP contribution in [0.3, 0.4) is 0 Å². The van der Waals surface area contributed by atoms with Gasteiger partial charge in [0.15, 0.2) is 11.4 Å². The largest absolute Gasteiger partial charge is 0.508 e. The summed E-state index contributed by atoms with van der Waals surface area (Å²) >= 11 is 0. The average Bonchev–Trinajstić information content (AvgIpc) is 2.82. The molecule has 0 spiro atoms. The third kappa shape index (κ3) is 3.25. The second kappa shape index (κ2) is 8.41. The number of hydrogen-bond acceptors (Lipinski definition) is 9. The first-order valence-electron chi connectivity index (χ1n) is 12.9. The number of phenolic OH excluding ortho intramolecular Hbond substituents is 1. The summed E-state index contributed by atoms with van der Waals surface area (Å²) in [6, 6.07) is 2.35. The molecule has 1 heterocycles. The normalized spacial score (nSPS) is 32.5. The minimum atomic E-state index is -2.60. The van der Waals surface area contributed by atoms with Crippen LogP contribution in [0.2, 0.25) is 0 Å². The molecule has 37 heavy (non-hydrogen) atoms. The van der Waals surface area contributed by atoms with E-state index in [-0.39, 0.29) is 23.3 Å². The van der Waals surface area contributed by atoms with Crippen molar-refractivity contribution in [2.45, 2.75) is 49.7 Å². The van der Waals surface area contributed by atoms with Crippen molar-refractivity contribution in [3.63, 3.8) is 0 Å². The first kappa shape index (κ1) is 24.1. The van der Waals surface area contributed by atoms with Crippen molar-refractivity contribution in [2.24, 2.45) is 17.6 Å².